The third-order valence-corrected chi connectivity index (χ3v) is 5.91. The zero-order valence-electron chi connectivity index (χ0n) is 17.6. The molecule has 1 aromatic heterocycles. The first-order valence-corrected chi connectivity index (χ1v) is 10.7. The molecule has 2 aromatic rings. The molecule has 3 heterocycles. The Kier molecular flexibility index (Phi) is 6.78. The van der Waals surface area contributed by atoms with Gasteiger partial charge in [0, 0.05) is 38.6 Å². The molecule has 2 saturated heterocycles. The van der Waals surface area contributed by atoms with Crippen LogP contribution in [0, 0.1) is 5.92 Å². The number of morpholine rings is 1. The fourth-order valence-corrected chi connectivity index (χ4v) is 4.13. The van der Waals surface area contributed by atoms with Crippen molar-refractivity contribution in [1.82, 2.24) is 15.3 Å². The van der Waals surface area contributed by atoms with Crippen molar-refractivity contribution in [1.29, 1.82) is 0 Å². The number of ether oxygens (including phenoxy) is 1. The highest BCUT2D eigenvalue weighted by atomic mass is 19.4. The minimum atomic E-state index is -4.39. The van der Waals surface area contributed by atoms with E-state index in [2.05, 4.69) is 25.1 Å². The van der Waals surface area contributed by atoms with Crippen LogP contribution in [-0.4, -0.2) is 55.3 Å². The molecule has 0 radical (unpaired) electrons. The molecule has 0 unspecified atom stereocenters. The quantitative estimate of drug-likeness (QED) is 0.757. The molecular formula is C22H26F3N5O2. The Morgan fingerprint density at radius 1 is 1.12 bits per heavy atom. The molecule has 7 nitrogen and oxygen atoms in total. The number of carbonyl (C=O) groups excluding carboxylic acids is 1. The number of piperidine rings is 1. The maximum atomic E-state index is 12.9. The predicted octanol–water partition coefficient (Wildman–Crippen LogP) is 2.86. The molecule has 1 amide bonds. The van der Waals surface area contributed by atoms with Crippen molar-refractivity contribution in [2.45, 2.75) is 25.6 Å². The van der Waals surface area contributed by atoms with E-state index >= 15 is 0 Å². The summed E-state index contributed by atoms with van der Waals surface area (Å²) >= 11 is 0. The molecule has 4 rings (SSSR count). The van der Waals surface area contributed by atoms with Gasteiger partial charge in [-0.2, -0.15) is 13.2 Å². The third-order valence-electron chi connectivity index (χ3n) is 5.91. The summed E-state index contributed by atoms with van der Waals surface area (Å²) in [5, 5.41) is 2.79. The van der Waals surface area contributed by atoms with Crippen molar-refractivity contribution < 1.29 is 22.7 Å². The van der Waals surface area contributed by atoms with Crippen LogP contribution in [0.1, 0.15) is 24.0 Å². The second-order valence-electron chi connectivity index (χ2n) is 8.01. The lowest BCUT2D eigenvalue weighted by molar-refractivity contribution is -0.137. The lowest BCUT2D eigenvalue weighted by Crippen LogP contribution is -2.42. The van der Waals surface area contributed by atoms with Crippen LogP contribution in [0.15, 0.2) is 36.8 Å². The fourth-order valence-electron chi connectivity index (χ4n) is 4.13. The lowest BCUT2D eigenvalue weighted by Gasteiger charge is -2.36. The highest BCUT2D eigenvalue weighted by Gasteiger charge is 2.31. The standard InChI is InChI=1S/C22H26F3N5O2/c23-22(24,25)18-3-1-2-16(12-18)13-27-21(31)17-4-6-29(7-5-17)19-14-26-15-28-20(19)30-8-10-32-11-9-30/h1-3,12,14-15,17H,4-11,13H2,(H,27,31). The maximum absolute atomic E-state index is 12.9. The van der Waals surface area contributed by atoms with E-state index in [1.165, 1.54) is 6.07 Å². The van der Waals surface area contributed by atoms with E-state index in [1.54, 1.807) is 12.4 Å². The normalized spacial score (nSPS) is 18.0. The number of carbonyl (C=O) groups is 1. The van der Waals surface area contributed by atoms with E-state index < -0.39 is 11.7 Å². The van der Waals surface area contributed by atoms with Gasteiger partial charge in [0.2, 0.25) is 5.91 Å². The van der Waals surface area contributed by atoms with Crippen LogP contribution < -0.4 is 15.1 Å². The van der Waals surface area contributed by atoms with Crippen LogP contribution in [0.2, 0.25) is 0 Å². The Labute approximate surface area is 184 Å². The zero-order chi connectivity index (χ0) is 22.6. The number of rotatable bonds is 5. The molecular weight excluding hydrogens is 423 g/mol. The topological polar surface area (TPSA) is 70.6 Å². The molecule has 0 saturated carbocycles. The number of anilines is 2. The van der Waals surface area contributed by atoms with Crippen LogP contribution >= 0.6 is 0 Å². The van der Waals surface area contributed by atoms with Gasteiger partial charge < -0.3 is 19.9 Å². The number of alkyl halides is 3. The highest BCUT2D eigenvalue weighted by Crippen LogP contribution is 2.31. The van der Waals surface area contributed by atoms with Crippen molar-refractivity contribution in [2.75, 3.05) is 49.2 Å². The van der Waals surface area contributed by atoms with Gasteiger partial charge in [-0.15, -0.1) is 0 Å². The number of aromatic nitrogens is 2. The van der Waals surface area contributed by atoms with Crippen molar-refractivity contribution >= 4 is 17.4 Å². The van der Waals surface area contributed by atoms with E-state index in [-0.39, 0.29) is 18.4 Å². The monoisotopic (exact) mass is 449 g/mol. The number of benzene rings is 1. The summed E-state index contributed by atoms with van der Waals surface area (Å²) in [5.74, 6) is 0.587. The van der Waals surface area contributed by atoms with Gasteiger partial charge in [-0.1, -0.05) is 12.1 Å². The first kappa shape index (κ1) is 22.3. The molecule has 32 heavy (non-hydrogen) atoms. The number of hydrogen-bond acceptors (Lipinski definition) is 6. The van der Waals surface area contributed by atoms with Crippen molar-refractivity contribution in [3.8, 4) is 0 Å². The van der Waals surface area contributed by atoms with E-state index in [4.69, 9.17) is 4.74 Å². The van der Waals surface area contributed by atoms with Crippen LogP contribution in [0.25, 0.3) is 0 Å². The first-order chi connectivity index (χ1) is 15.4. The molecule has 2 fully saturated rings. The summed E-state index contributed by atoms with van der Waals surface area (Å²) in [6.45, 7) is 4.33. The Hall–Kier alpha value is -2.88. The summed E-state index contributed by atoms with van der Waals surface area (Å²) < 4.78 is 44.0. The summed E-state index contributed by atoms with van der Waals surface area (Å²) in [6.07, 6.45) is 0.278. The Morgan fingerprint density at radius 3 is 2.59 bits per heavy atom. The minimum Gasteiger partial charge on any atom is -0.378 e. The highest BCUT2D eigenvalue weighted by molar-refractivity contribution is 5.79. The first-order valence-electron chi connectivity index (χ1n) is 10.7. The number of nitrogens with zero attached hydrogens (tertiary/aromatic N) is 4. The van der Waals surface area contributed by atoms with E-state index in [0.717, 1.165) is 36.7 Å². The zero-order valence-corrected chi connectivity index (χ0v) is 17.6. The average molecular weight is 449 g/mol. The van der Waals surface area contributed by atoms with Crippen LogP contribution in [0.3, 0.4) is 0 Å². The molecule has 0 atom stereocenters. The van der Waals surface area contributed by atoms with E-state index in [1.807, 2.05) is 6.20 Å². The summed E-state index contributed by atoms with van der Waals surface area (Å²) in [5.41, 5.74) is 0.679. The molecule has 0 spiro atoms. The second kappa shape index (κ2) is 9.72. The number of nitrogens with one attached hydrogen (secondary N) is 1. The second-order valence-corrected chi connectivity index (χ2v) is 8.01. The SMILES string of the molecule is O=C(NCc1cccc(C(F)(F)F)c1)C1CCN(c2cncnc2N2CCOCC2)CC1. The molecule has 10 heteroatoms. The molecule has 0 bridgehead atoms. The smallest absolute Gasteiger partial charge is 0.378 e. The van der Waals surface area contributed by atoms with Gasteiger partial charge >= 0.3 is 6.18 Å². The number of amides is 1. The minimum absolute atomic E-state index is 0.0800. The molecule has 1 aromatic carbocycles. The van der Waals surface area contributed by atoms with Gasteiger partial charge in [0.15, 0.2) is 5.82 Å². The fraction of sp³-hybridized carbons (Fsp3) is 0.500. The number of hydrogen-bond donors (Lipinski definition) is 1. The van der Waals surface area contributed by atoms with Crippen LogP contribution in [0.4, 0.5) is 24.7 Å². The molecule has 1 N–H and O–H groups in total. The van der Waals surface area contributed by atoms with Gasteiger partial charge in [0.25, 0.3) is 0 Å². The Bertz CT molecular complexity index is 926. The van der Waals surface area contributed by atoms with Crippen LogP contribution in [-0.2, 0) is 22.3 Å². The van der Waals surface area contributed by atoms with Crippen molar-refractivity contribution in [3.63, 3.8) is 0 Å². The molecule has 2 aliphatic heterocycles. The Morgan fingerprint density at radius 2 is 1.88 bits per heavy atom. The van der Waals surface area contributed by atoms with Gasteiger partial charge in [0.1, 0.15) is 6.33 Å². The van der Waals surface area contributed by atoms with Gasteiger partial charge in [-0.25, -0.2) is 9.97 Å². The van der Waals surface area contributed by atoms with Crippen molar-refractivity contribution in [3.05, 3.63) is 47.9 Å². The molecule has 0 aliphatic carbocycles. The summed E-state index contributed by atoms with van der Waals surface area (Å²) in [4.78, 5) is 25.7. The molecule has 172 valence electrons. The Balaban J connectivity index is 1.32. The third kappa shape index (κ3) is 5.29. The van der Waals surface area contributed by atoms with Crippen LogP contribution in [0.5, 0.6) is 0 Å². The van der Waals surface area contributed by atoms with Gasteiger partial charge in [-0.3, -0.25) is 4.79 Å². The average Bonchev–Trinajstić information content (AvgIpc) is 2.83. The van der Waals surface area contributed by atoms with Gasteiger partial charge in [-0.05, 0) is 30.5 Å². The van der Waals surface area contributed by atoms with E-state index in [9.17, 15) is 18.0 Å². The van der Waals surface area contributed by atoms with Crippen molar-refractivity contribution in [2.24, 2.45) is 5.92 Å². The predicted molar refractivity (Wildman–Crippen MR) is 113 cm³/mol. The summed E-state index contributed by atoms with van der Waals surface area (Å²) in [7, 11) is 0. The summed E-state index contributed by atoms with van der Waals surface area (Å²) in [6, 6.07) is 5.04. The van der Waals surface area contributed by atoms with E-state index in [0.29, 0.717) is 44.7 Å². The molecule has 2 aliphatic rings. The number of halogens is 3. The largest absolute Gasteiger partial charge is 0.416 e. The lowest BCUT2D eigenvalue weighted by atomic mass is 9.95. The maximum Gasteiger partial charge on any atom is 0.416 e. The van der Waals surface area contributed by atoms with Gasteiger partial charge in [0.05, 0.1) is 30.7 Å².